The Morgan fingerprint density at radius 2 is 1.95 bits per heavy atom. The summed E-state index contributed by atoms with van der Waals surface area (Å²) in [5.41, 5.74) is 0. The summed E-state index contributed by atoms with van der Waals surface area (Å²) >= 11 is 0. The molecular formula is C15H26N2O4. The number of hydrogen-bond donors (Lipinski definition) is 1. The van der Waals surface area contributed by atoms with E-state index >= 15 is 0 Å². The van der Waals surface area contributed by atoms with Gasteiger partial charge < -0.3 is 19.6 Å². The monoisotopic (exact) mass is 298 g/mol. The molecule has 120 valence electrons. The molecule has 0 aromatic rings. The molecule has 0 aliphatic carbocycles. The molecule has 2 fully saturated rings. The van der Waals surface area contributed by atoms with Gasteiger partial charge in [-0.05, 0) is 25.7 Å². The first kappa shape index (κ1) is 16.2. The van der Waals surface area contributed by atoms with Gasteiger partial charge in [0, 0.05) is 26.1 Å². The van der Waals surface area contributed by atoms with Crippen molar-refractivity contribution in [3.8, 4) is 0 Å². The molecule has 6 heteroatoms. The Labute approximate surface area is 126 Å². The molecule has 21 heavy (non-hydrogen) atoms. The lowest BCUT2D eigenvalue weighted by Gasteiger charge is -2.33. The van der Waals surface area contributed by atoms with Crippen molar-refractivity contribution < 1.29 is 19.4 Å². The summed E-state index contributed by atoms with van der Waals surface area (Å²) in [6, 6.07) is 0. The Morgan fingerprint density at radius 3 is 2.67 bits per heavy atom. The number of likely N-dealkylation sites (tertiary alicyclic amines) is 2. The number of aliphatic hydroxyl groups is 1. The van der Waals surface area contributed by atoms with E-state index in [1.54, 1.807) is 4.90 Å². The number of ether oxygens (including phenoxy) is 1. The summed E-state index contributed by atoms with van der Waals surface area (Å²) in [5, 5.41) is 8.74. The molecule has 0 atom stereocenters. The first-order valence-electron chi connectivity index (χ1n) is 7.98. The fraction of sp³-hybridized carbons (Fsp3) is 0.867. The molecule has 1 N–H and O–H groups in total. The predicted molar refractivity (Wildman–Crippen MR) is 77.7 cm³/mol. The van der Waals surface area contributed by atoms with Crippen molar-refractivity contribution in [1.29, 1.82) is 0 Å². The third-order valence-corrected chi connectivity index (χ3v) is 4.24. The Hall–Kier alpha value is -1.14. The number of amides is 2. The van der Waals surface area contributed by atoms with Gasteiger partial charge in [0.15, 0.2) is 0 Å². The molecule has 0 spiro atoms. The lowest BCUT2D eigenvalue weighted by atomic mass is 10.1. The largest absolute Gasteiger partial charge is 0.394 e. The number of carbonyl (C=O) groups is 2. The maximum atomic E-state index is 12.3. The standard InChI is InChI=1S/C15H26N2O4/c18-10-11-21-13-5-8-16(9-6-13)15(20)12-17-7-3-1-2-4-14(17)19/h13,18H,1-12H2. The van der Waals surface area contributed by atoms with E-state index in [0.717, 1.165) is 32.1 Å². The lowest BCUT2D eigenvalue weighted by Crippen LogP contribution is -2.46. The van der Waals surface area contributed by atoms with Crippen molar-refractivity contribution in [1.82, 2.24) is 9.80 Å². The van der Waals surface area contributed by atoms with E-state index in [1.807, 2.05) is 4.90 Å². The van der Waals surface area contributed by atoms with Gasteiger partial charge in [0.1, 0.15) is 0 Å². The summed E-state index contributed by atoms with van der Waals surface area (Å²) in [5.74, 6) is 0.160. The minimum absolute atomic E-state index is 0.0379. The van der Waals surface area contributed by atoms with Gasteiger partial charge in [-0.1, -0.05) is 6.42 Å². The van der Waals surface area contributed by atoms with Crippen molar-refractivity contribution in [2.75, 3.05) is 39.4 Å². The third kappa shape index (κ3) is 4.97. The summed E-state index contributed by atoms with van der Waals surface area (Å²) in [6.07, 6.45) is 5.34. The van der Waals surface area contributed by atoms with Crippen LogP contribution in [0.5, 0.6) is 0 Å². The first-order chi connectivity index (χ1) is 10.2. The molecule has 0 aromatic heterocycles. The van der Waals surface area contributed by atoms with E-state index in [4.69, 9.17) is 9.84 Å². The van der Waals surface area contributed by atoms with Gasteiger partial charge in [0.05, 0.1) is 25.9 Å². The summed E-state index contributed by atoms with van der Waals surface area (Å²) in [7, 11) is 0. The topological polar surface area (TPSA) is 70.1 Å². The number of nitrogens with zero attached hydrogens (tertiary/aromatic N) is 2. The zero-order valence-electron chi connectivity index (χ0n) is 12.6. The average Bonchev–Trinajstić information content (AvgIpc) is 2.70. The van der Waals surface area contributed by atoms with E-state index < -0.39 is 0 Å². The van der Waals surface area contributed by atoms with Gasteiger partial charge in [0.25, 0.3) is 0 Å². The highest BCUT2D eigenvalue weighted by atomic mass is 16.5. The predicted octanol–water partition coefficient (Wildman–Crippen LogP) is 0.389. The van der Waals surface area contributed by atoms with Gasteiger partial charge >= 0.3 is 0 Å². The van der Waals surface area contributed by atoms with Crippen LogP contribution in [0.4, 0.5) is 0 Å². The maximum Gasteiger partial charge on any atom is 0.242 e. The van der Waals surface area contributed by atoms with Gasteiger partial charge in [-0.2, -0.15) is 0 Å². The molecule has 2 aliphatic heterocycles. The highest BCUT2D eigenvalue weighted by Crippen LogP contribution is 2.15. The molecule has 0 radical (unpaired) electrons. The second-order valence-corrected chi connectivity index (χ2v) is 5.80. The molecule has 2 rings (SSSR count). The van der Waals surface area contributed by atoms with Crippen LogP contribution in [0.3, 0.4) is 0 Å². The van der Waals surface area contributed by atoms with Crippen LogP contribution in [0.1, 0.15) is 38.5 Å². The van der Waals surface area contributed by atoms with Crippen molar-refractivity contribution in [2.24, 2.45) is 0 Å². The minimum atomic E-state index is 0.0379. The van der Waals surface area contributed by atoms with Crippen LogP contribution in [0.15, 0.2) is 0 Å². The molecule has 0 saturated carbocycles. The van der Waals surface area contributed by atoms with E-state index in [0.29, 0.717) is 32.7 Å². The van der Waals surface area contributed by atoms with Crippen molar-refractivity contribution in [3.63, 3.8) is 0 Å². The quantitative estimate of drug-likeness (QED) is 0.797. The fourth-order valence-electron chi connectivity index (χ4n) is 2.96. The molecule has 2 heterocycles. The second-order valence-electron chi connectivity index (χ2n) is 5.80. The van der Waals surface area contributed by atoms with E-state index in [9.17, 15) is 9.59 Å². The summed E-state index contributed by atoms with van der Waals surface area (Å²) in [6.45, 7) is 2.69. The van der Waals surface area contributed by atoms with Crippen LogP contribution in [-0.4, -0.2) is 72.2 Å². The van der Waals surface area contributed by atoms with Crippen LogP contribution in [0.25, 0.3) is 0 Å². The van der Waals surface area contributed by atoms with E-state index in [2.05, 4.69) is 0 Å². The SMILES string of the molecule is O=C(CN1CCCCCC1=O)N1CCC(OCCO)CC1. The van der Waals surface area contributed by atoms with Gasteiger partial charge in [-0.15, -0.1) is 0 Å². The normalized spacial score (nSPS) is 21.5. The number of carbonyl (C=O) groups excluding carboxylic acids is 2. The van der Waals surface area contributed by atoms with Crippen LogP contribution in [0, 0.1) is 0 Å². The molecule has 6 nitrogen and oxygen atoms in total. The van der Waals surface area contributed by atoms with Crippen LogP contribution >= 0.6 is 0 Å². The Bertz CT molecular complexity index is 354. The van der Waals surface area contributed by atoms with Crippen LogP contribution in [0.2, 0.25) is 0 Å². The van der Waals surface area contributed by atoms with Gasteiger partial charge in [-0.25, -0.2) is 0 Å². The fourth-order valence-corrected chi connectivity index (χ4v) is 2.96. The molecule has 2 saturated heterocycles. The zero-order chi connectivity index (χ0) is 15.1. The minimum Gasteiger partial charge on any atom is -0.394 e. The maximum absolute atomic E-state index is 12.3. The molecular weight excluding hydrogens is 272 g/mol. The molecule has 0 unspecified atom stereocenters. The molecule has 0 aromatic carbocycles. The second kappa shape index (κ2) is 8.34. The number of piperidine rings is 1. The number of aliphatic hydroxyl groups excluding tert-OH is 1. The molecule has 2 aliphatic rings. The number of hydrogen-bond acceptors (Lipinski definition) is 4. The van der Waals surface area contributed by atoms with Gasteiger partial charge in [0.2, 0.25) is 11.8 Å². The first-order valence-corrected chi connectivity index (χ1v) is 7.98. The smallest absolute Gasteiger partial charge is 0.242 e. The summed E-state index contributed by atoms with van der Waals surface area (Å²) < 4.78 is 5.49. The van der Waals surface area contributed by atoms with Crippen molar-refractivity contribution >= 4 is 11.8 Å². The van der Waals surface area contributed by atoms with E-state index in [-0.39, 0.29) is 31.1 Å². The third-order valence-electron chi connectivity index (χ3n) is 4.24. The van der Waals surface area contributed by atoms with Gasteiger partial charge in [-0.3, -0.25) is 9.59 Å². The van der Waals surface area contributed by atoms with Crippen LogP contribution < -0.4 is 0 Å². The lowest BCUT2D eigenvalue weighted by molar-refractivity contribution is -0.141. The Morgan fingerprint density at radius 1 is 1.19 bits per heavy atom. The van der Waals surface area contributed by atoms with Crippen LogP contribution in [-0.2, 0) is 14.3 Å². The Kier molecular flexibility index (Phi) is 6.45. The number of rotatable bonds is 5. The zero-order valence-corrected chi connectivity index (χ0v) is 12.6. The molecule has 0 bridgehead atoms. The Balaban J connectivity index is 1.75. The highest BCUT2D eigenvalue weighted by molar-refractivity contribution is 5.85. The average molecular weight is 298 g/mol. The van der Waals surface area contributed by atoms with E-state index in [1.165, 1.54) is 0 Å². The molecule has 2 amide bonds. The van der Waals surface area contributed by atoms with Crippen molar-refractivity contribution in [2.45, 2.75) is 44.6 Å². The summed E-state index contributed by atoms with van der Waals surface area (Å²) in [4.78, 5) is 27.8. The highest BCUT2D eigenvalue weighted by Gasteiger charge is 2.26. The van der Waals surface area contributed by atoms with Crippen molar-refractivity contribution in [3.05, 3.63) is 0 Å².